The quantitative estimate of drug-likeness (QED) is 0.858. The molecular weight excluding hydrogens is 247 g/mol. The van der Waals surface area contributed by atoms with Gasteiger partial charge in [-0.1, -0.05) is 6.07 Å². The van der Waals surface area contributed by atoms with Crippen molar-refractivity contribution >= 4 is 16.9 Å². The van der Waals surface area contributed by atoms with E-state index in [4.69, 9.17) is 5.11 Å². The van der Waals surface area contributed by atoms with Crippen LogP contribution >= 0.6 is 0 Å². The number of aryl methyl sites for hydroxylation is 1. The second-order valence-electron chi connectivity index (χ2n) is 3.75. The molecule has 94 valence electrons. The smallest absolute Gasteiger partial charge is 0.303 e. The van der Waals surface area contributed by atoms with Crippen LogP contribution in [0.25, 0.3) is 10.9 Å². The molecule has 2 rings (SSSR count). The van der Waals surface area contributed by atoms with Gasteiger partial charge in [-0.15, -0.1) is 0 Å². The van der Waals surface area contributed by atoms with Crippen LogP contribution in [0, 0.1) is 17.5 Å². The van der Waals surface area contributed by atoms with Crippen LogP contribution in [0.5, 0.6) is 0 Å². The Kier molecular flexibility index (Phi) is 3.18. The van der Waals surface area contributed by atoms with Gasteiger partial charge in [0.25, 0.3) is 0 Å². The number of halogens is 3. The Hall–Kier alpha value is -2.11. The van der Waals surface area contributed by atoms with Crippen molar-refractivity contribution in [2.75, 3.05) is 0 Å². The van der Waals surface area contributed by atoms with Gasteiger partial charge in [0.2, 0.25) is 0 Å². The number of carboxylic acids is 1. The number of aromatic nitrogens is 1. The number of hydrogen-bond acceptors (Lipinski definition) is 2. The molecule has 0 radical (unpaired) electrons. The molecule has 18 heavy (non-hydrogen) atoms. The van der Waals surface area contributed by atoms with E-state index in [-0.39, 0.29) is 23.7 Å². The molecule has 0 saturated heterocycles. The SMILES string of the molecule is O=C(O)CCc1ccc2cc(F)c(F)c(F)c2n1. The van der Waals surface area contributed by atoms with E-state index in [1.807, 2.05) is 0 Å². The standard InChI is InChI=1S/C12H8F3NO2/c13-8-5-6-1-2-7(3-4-9(17)18)16-12(6)11(15)10(8)14/h1-2,5H,3-4H2,(H,17,18). The lowest BCUT2D eigenvalue weighted by Gasteiger charge is -2.04. The van der Waals surface area contributed by atoms with Gasteiger partial charge in [0.05, 0.1) is 6.42 Å². The van der Waals surface area contributed by atoms with Crippen LogP contribution in [0.3, 0.4) is 0 Å². The molecule has 0 spiro atoms. The first kappa shape index (κ1) is 12.3. The zero-order valence-electron chi connectivity index (χ0n) is 9.08. The fourth-order valence-electron chi connectivity index (χ4n) is 1.59. The zero-order chi connectivity index (χ0) is 13.3. The fraction of sp³-hybridized carbons (Fsp3) is 0.167. The summed E-state index contributed by atoms with van der Waals surface area (Å²) in [6.07, 6.45) is -0.0620. The average Bonchev–Trinajstić information content (AvgIpc) is 2.34. The molecule has 1 aromatic carbocycles. The first-order valence-electron chi connectivity index (χ1n) is 5.14. The Morgan fingerprint density at radius 2 is 1.94 bits per heavy atom. The maximum Gasteiger partial charge on any atom is 0.303 e. The largest absolute Gasteiger partial charge is 0.481 e. The van der Waals surface area contributed by atoms with E-state index in [0.29, 0.717) is 5.69 Å². The lowest BCUT2D eigenvalue weighted by molar-refractivity contribution is -0.136. The van der Waals surface area contributed by atoms with Crippen molar-refractivity contribution in [2.45, 2.75) is 12.8 Å². The number of rotatable bonds is 3. The van der Waals surface area contributed by atoms with Crippen LogP contribution in [-0.4, -0.2) is 16.1 Å². The maximum absolute atomic E-state index is 13.4. The molecule has 1 N–H and O–H groups in total. The molecular formula is C12H8F3NO2. The molecule has 0 amide bonds. The summed E-state index contributed by atoms with van der Waals surface area (Å²) in [6.45, 7) is 0. The molecule has 0 aliphatic rings. The minimum atomic E-state index is -1.58. The highest BCUT2D eigenvalue weighted by atomic mass is 19.2. The molecule has 1 heterocycles. The summed E-state index contributed by atoms with van der Waals surface area (Å²) in [6, 6.07) is 3.69. The molecule has 0 unspecified atom stereocenters. The summed E-state index contributed by atoms with van der Waals surface area (Å²) in [5.74, 6) is -5.23. The van der Waals surface area contributed by atoms with Gasteiger partial charge in [-0.3, -0.25) is 4.79 Å². The number of nitrogens with zero attached hydrogens (tertiary/aromatic N) is 1. The summed E-state index contributed by atoms with van der Waals surface area (Å²) in [5.41, 5.74) is 0.0200. The van der Waals surface area contributed by atoms with Gasteiger partial charge in [0.1, 0.15) is 5.52 Å². The Balaban J connectivity index is 2.47. The third-order valence-electron chi connectivity index (χ3n) is 2.47. The summed E-state index contributed by atoms with van der Waals surface area (Å²) >= 11 is 0. The topological polar surface area (TPSA) is 50.2 Å². The number of carbonyl (C=O) groups is 1. The normalized spacial score (nSPS) is 10.8. The lowest BCUT2D eigenvalue weighted by Crippen LogP contribution is -2.01. The highest BCUT2D eigenvalue weighted by Gasteiger charge is 2.15. The number of carboxylic acid groups (broad SMARTS) is 1. The van der Waals surface area contributed by atoms with Gasteiger partial charge in [-0.2, -0.15) is 0 Å². The van der Waals surface area contributed by atoms with Gasteiger partial charge >= 0.3 is 5.97 Å². The molecule has 0 fully saturated rings. The van der Waals surface area contributed by atoms with Crippen molar-refractivity contribution in [1.29, 1.82) is 0 Å². The molecule has 3 nitrogen and oxygen atoms in total. The predicted octanol–water partition coefficient (Wildman–Crippen LogP) is 2.67. The van der Waals surface area contributed by atoms with E-state index in [1.54, 1.807) is 0 Å². The van der Waals surface area contributed by atoms with Gasteiger partial charge in [-0.05, 0) is 12.1 Å². The molecule has 0 atom stereocenters. The van der Waals surface area contributed by atoms with E-state index in [1.165, 1.54) is 12.1 Å². The van der Waals surface area contributed by atoms with E-state index >= 15 is 0 Å². The van der Waals surface area contributed by atoms with Crippen molar-refractivity contribution in [1.82, 2.24) is 4.98 Å². The van der Waals surface area contributed by atoms with Crippen LogP contribution in [0.4, 0.5) is 13.2 Å². The van der Waals surface area contributed by atoms with Gasteiger partial charge < -0.3 is 5.11 Å². The minimum absolute atomic E-state index is 0.101. The molecule has 6 heteroatoms. The summed E-state index contributed by atoms with van der Waals surface area (Å²) < 4.78 is 39.4. The fourth-order valence-corrected chi connectivity index (χ4v) is 1.59. The lowest BCUT2D eigenvalue weighted by atomic mass is 10.1. The number of aliphatic carboxylic acids is 1. The highest BCUT2D eigenvalue weighted by Crippen LogP contribution is 2.22. The molecule has 0 aliphatic heterocycles. The number of pyridine rings is 1. The van der Waals surface area contributed by atoms with Crippen molar-refractivity contribution in [3.05, 3.63) is 41.3 Å². The van der Waals surface area contributed by atoms with E-state index in [0.717, 1.165) is 6.07 Å². The van der Waals surface area contributed by atoms with Gasteiger partial charge in [0.15, 0.2) is 17.5 Å². The third kappa shape index (κ3) is 2.27. The van der Waals surface area contributed by atoms with Gasteiger partial charge in [0, 0.05) is 17.5 Å². The average molecular weight is 255 g/mol. The summed E-state index contributed by atoms with van der Waals surface area (Å²) in [4.78, 5) is 14.2. The monoisotopic (exact) mass is 255 g/mol. The van der Waals surface area contributed by atoms with Crippen molar-refractivity contribution in [3.63, 3.8) is 0 Å². The predicted molar refractivity (Wildman–Crippen MR) is 57.6 cm³/mol. The first-order valence-corrected chi connectivity index (χ1v) is 5.14. The second kappa shape index (κ2) is 4.64. The van der Waals surface area contributed by atoms with Gasteiger partial charge in [-0.25, -0.2) is 18.2 Å². The van der Waals surface area contributed by atoms with E-state index in [2.05, 4.69) is 4.98 Å². The van der Waals surface area contributed by atoms with Crippen molar-refractivity contribution in [2.24, 2.45) is 0 Å². The van der Waals surface area contributed by atoms with E-state index in [9.17, 15) is 18.0 Å². The number of benzene rings is 1. The number of hydrogen-bond donors (Lipinski definition) is 1. The third-order valence-corrected chi connectivity index (χ3v) is 2.47. The maximum atomic E-state index is 13.4. The van der Waals surface area contributed by atoms with Crippen LogP contribution in [0.2, 0.25) is 0 Å². The molecule has 0 bridgehead atoms. The Bertz CT molecular complexity index is 628. The Labute approximate surface area is 99.9 Å². The molecule has 1 aromatic heterocycles. The van der Waals surface area contributed by atoms with Crippen LogP contribution in [0.1, 0.15) is 12.1 Å². The van der Waals surface area contributed by atoms with Crippen molar-refractivity contribution in [3.8, 4) is 0 Å². The second-order valence-corrected chi connectivity index (χ2v) is 3.75. The Morgan fingerprint density at radius 3 is 2.61 bits per heavy atom. The Morgan fingerprint density at radius 1 is 1.22 bits per heavy atom. The van der Waals surface area contributed by atoms with Crippen LogP contribution in [-0.2, 0) is 11.2 Å². The minimum Gasteiger partial charge on any atom is -0.481 e. The van der Waals surface area contributed by atoms with Crippen LogP contribution in [0.15, 0.2) is 18.2 Å². The van der Waals surface area contributed by atoms with Crippen molar-refractivity contribution < 1.29 is 23.1 Å². The molecule has 0 aliphatic carbocycles. The molecule has 0 saturated carbocycles. The van der Waals surface area contributed by atoms with Crippen LogP contribution < -0.4 is 0 Å². The number of fused-ring (bicyclic) bond motifs is 1. The highest BCUT2D eigenvalue weighted by molar-refractivity contribution is 5.79. The summed E-state index contributed by atoms with van der Waals surface area (Å²) in [7, 11) is 0. The van der Waals surface area contributed by atoms with E-state index < -0.39 is 23.4 Å². The first-order chi connectivity index (χ1) is 8.49. The summed E-state index contributed by atoms with van der Waals surface area (Å²) in [5, 5.41) is 8.64. The zero-order valence-corrected chi connectivity index (χ0v) is 9.08. The molecule has 2 aromatic rings.